The molecule has 0 spiro atoms. The summed E-state index contributed by atoms with van der Waals surface area (Å²) in [5.41, 5.74) is 5.31. The molecule has 0 radical (unpaired) electrons. The highest BCUT2D eigenvalue weighted by Gasteiger charge is 2.34. The van der Waals surface area contributed by atoms with Gasteiger partial charge in [-0.25, -0.2) is 0 Å². The van der Waals surface area contributed by atoms with Gasteiger partial charge in [0.25, 0.3) is 0 Å². The summed E-state index contributed by atoms with van der Waals surface area (Å²) in [5, 5.41) is 8.68. The van der Waals surface area contributed by atoms with Crippen LogP contribution in [0.25, 0.3) is 22.2 Å². The molecule has 1 aromatic heterocycles. The Morgan fingerprint density at radius 1 is 0.938 bits per heavy atom. The fraction of sp³-hybridized carbons (Fsp3) is 0.200. The van der Waals surface area contributed by atoms with Crippen LogP contribution in [0.5, 0.6) is 11.5 Å². The highest BCUT2D eigenvalue weighted by Crippen LogP contribution is 2.47. The number of carbonyl (C=O) groups is 1. The van der Waals surface area contributed by atoms with Gasteiger partial charge in [0.1, 0.15) is 5.52 Å². The first kappa shape index (κ1) is 17.7. The Bertz CT molecular complexity index is 1420. The van der Waals surface area contributed by atoms with Crippen molar-refractivity contribution in [1.29, 1.82) is 0 Å². The fourth-order valence-corrected chi connectivity index (χ4v) is 4.97. The van der Waals surface area contributed by atoms with Gasteiger partial charge in [-0.05, 0) is 31.0 Å². The summed E-state index contributed by atoms with van der Waals surface area (Å²) >= 11 is 0. The van der Waals surface area contributed by atoms with E-state index >= 15 is 0 Å². The topological polar surface area (TPSA) is 76.8 Å². The van der Waals surface area contributed by atoms with E-state index < -0.39 is 0 Å². The SMILES string of the molecule is O=C1c2ccccc2-c2onc3c(N4CCCC4)cc(Nc4ccc5c(c4)OCO5)c1c23. The maximum absolute atomic E-state index is 13.7. The number of ketones is 1. The molecule has 7 heteroatoms. The summed E-state index contributed by atoms with van der Waals surface area (Å²) in [4.78, 5) is 16.0. The average Bonchev–Trinajstić information content (AvgIpc) is 3.58. The first-order chi connectivity index (χ1) is 15.8. The van der Waals surface area contributed by atoms with Crippen molar-refractivity contribution in [1.82, 2.24) is 5.16 Å². The lowest BCUT2D eigenvalue weighted by Gasteiger charge is -2.23. The number of hydrogen-bond acceptors (Lipinski definition) is 7. The van der Waals surface area contributed by atoms with Crippen LogP contribution in [0.3, 0.4) is 0 Å². The Morgan fingerprint density at radius 3 is 2.62 bits per heavy atom. The maximum Gasteiger partial charge on any atom is 0.231 e. The molecular weight excluding hydrogens is 406 g/mol. The largest absolute Gasteiger partial charge is 0.454 e. The van der Waals surface area contributed by atoms with Crippen molar-refractivity contribution < 1.29 is 18.8 Å². The second-order valence-electron chi connectivity index (χ2n) is 8.32. The molecule has 3 aromatic carbocycles. The molecule has 0 saturated carbocycles. The van der Waals surface area contributed by atoms with Gasteiger partial charge in [-0.3, -0.25) is 4.79 Å². The number of carbonyl (C=O) groups excluding carboxylic acids is 1. The van der Waals surface area contributed by atoms with Gasteiger partial charge in [0.2, 0.25) is 6.79 Å². The molecular formula is C25H19N3O4. The van der Waals surface area contributed by atoms with Crippen LogP contribution in [0.2, 0.25) is 0 Å². The zero-order chi connectivity index (χ0) is 21.2. The van der Waals surface area contributed by atoms with Gasteiger partial charge in [-0.15, -0.1) is 0 Å². The van der Waals surface area contributed by atoms with Crippen LogP contribution in [0.15, 0.2) is 53.1 Å². The van der Waals surface area contributed by atoms with E-state index in [9.17, 15) is 4.79 Å². The molecule has 3 aliphatic rings. The summed E-state index contributed by atoms with van der Waals surface area (Å²) in [6.45, 7) is 2.14. The van der Waals surface area contributed by atoms with E-state index in [1.54, 1.807) is 0 Å². The van der Waals surface area contributed by atoms with E-state index in [4.69, 9.17) is 14.0 Å². The quantitative estimate of drug-likeness (QED) is 0.430. The van der Waals surface area contributed by atoms with Crippen molar-refractivity contribution in [3.05, 3.63) is 59.7 Å². The molecule has 0 atom stereocenters. The van der Waals surface area contributed by atoms with Crippen molar-refractivity contribution in [3.8, 4) is 22.8 Å². The molecule has 7 rings (SSSR count). The predicted octanol–water partition coefficient (Wildman–Crippen LogP) is 5.11. The van der Waals surface area contributed by atoms with E-state index in [2.05, 4.69) is 15.4 Å². The highest BCUT2D eigenvalue weighted by molar-refractivity contribution is 6.28. The van der Waals surface area contributed by atoms with E-state index in [0.717, 1.165) is 65.2 Å². The average molecular weight is 425 g/mol. The van der Waals surface area contributed by atoms with Crippen LogP contribution in [0, 0.1) is 0 Å². The van der Waals surface area contributed by atoms with Gasteiger partial charge in [0, 0.05) is 36.0 Å². The number of nitrogens with one attached hydrogen (secondary N) is 1. The second kappa shape index (κ2) is 6.50. The Morgan fingerprint density at radius 2 is 1.75 bits per heavy atom. The van der Waals surface area contributed by atoms with E-state index in [1.807, 2.05) is 48.5 Å². The first-order valence-electron chi connectivity index (χ1n) is 10.8. The third-order valence-electron chi connectivity index (χ3n) is 6.48. The molecule has 32 heavy (non-hydrogen) atoms. The molecule has 1 fully saturated rings. The Balaban J connectivity index is 1.47. The Hall–Kier alpha value is -4.00. The number of fused-ring (bicyclic) bond motifs is 3. The molecule has 1 aliphatic carbocycles. The van der Waals surface area contributed by atoms with Gasteiger partial charge < -0.3 is 24.2 Å². The molecule has 7 nitrogen and oxygen atoms in total. The van der Waals surface area contributed by atoms with Crippen molar-refractivity contribution in [2.45, 2.75) is 12.8 Å². The summed E-state index contributed by atoms with van der Waals surface area (Å²) < 4.78 is 16.8. The molecule has 0 bridgehead atoms. The highest BCUT2D eigenvalue weighted by atomic mass is 16.7. The fourth-order valence-electron chi connectivity index (χ4n) is 4.97. The van der Waals surface area contributed by atoms with Gasteiger partial charge in [-0.1, -0.05) is 29.4 Å². The first-order valence-corrected chi connectivity index (χ1v) is 10.8. The molecule has 3 heterocycles. The molecule has 4 aromatic rings. The van der Waals surface area contributed by atoms with Crippen LogP contribution >= 0.6 is 0 Å². The molecule has 1 saturated heterocycles. The lowest BCUT2D eigenvalue weighted by Crippen LogP contribution is -2.19. The van der Waals surface area contributed by atoms with Crippen molar-refractivity contribution in [3.63, 3.8) is 0 Å². The molecule has 0 unspecified atom stereocenters. The second-order valence-corrected chi connectivity index (χ2v) is 8.32. The van der Waals surface area contributed by atoms with E-state index in [1.165, 1.54) is 0 Å². The molecule has 2 aliphatic heterocycles. The number of benzene rings is 3. The lowest BCUT2D eigenvalue weighted by atomic mass is 9.86. The molecule has 158 valence electrons. The smallest absolute Gasteiger partial charge is 0.231 e. The van der Waals surface area contributed by atoms with Gasteiger partial charge in [-0.2, -0.15) is 0 Å². The van der Waals surface area contributed by atoms with Crippen LogP contribution < -0.4 is 19.7 Å². The summed E-state index contributed by atoms with van der Waals surface area (Å²) in [7, 11) is 0. The van der Waals surface area contributed by atoms with Crippen molar-refractivity contribution >= 4 is 33.7 Å². The Kier molecular flexibility index (Phi) is 3.59. The zero-order valence-corrected chi connectivity index (χ0v) is 17.2. The number of aromatic nitrogens is 1. The zero-order valence-electron chi connectivity index (χ0n) is 17.2. The van der Waals surface area contributed by atoms with Gasteiger partial charge >= 0.3 is 0 Å². The van der Waals surface area contributed by atoms with Gasteiger partial charge in [0.05, 0.1) is 22.3 Å². The van der Waals surface area contributed by atoms with Crippen molar-refractivity contribution in [2.75, 3.05) is 30.1 Å². The van der Waals surface area contributed by atoms with Crippen LogP contribution in [-0.2, 0) is 0 Å². The minimum atomic E-state index is -0.0301. The summed E-state index contributed by atoms with van der Waals surface area (Å²) in [5.74, 6) is 2.03. The van der Waals surface area contributed by atoms with Gasteiger partial charge in [0.15, 0.2) is 23.0 Å². The van der Waals surface area contributed by atoms with Crippen LogP contribution in [0.1, 0.15) is 28.8 Å². The number of ether oxygens (including phenoxy) is 2. The maximum atomic E-state index is 13.7. The standard InChI is InChI=1S/C25H19N3O4/c29-24-15-5-1-2-6-16(15)25-22-21(24)17(26-14-7-8-19-20(11-14)31-13-30-19)12-18(23(22)27-32-25)28-9-3-4-10-28/h1-2,5-8,11-12,26H,3-4,9-10,13H2. The van der Waals surface area contributed by atoms with E-state index in [0.29, 0.717) is 22.6 Å². The Labute approximate surface area is 183 Å². The normalized spacial score (nSPS) is 16.0. The van der Waals surface area contributed by atoms with Crippen LogP contribution in [-0.4, -0.2) is 30.8 Å². The van der Waals surface area contributed by atoms with Crippen molar-refractivity contribution in [2.24, 2.45) is 0 Å². The summed E-state index contributed by atoms with van der Waals surface area (Å²) in [6, 6.07) is 15.3. The molecule has 0 amide bonds. The summed E-state index contributed by atoms with van der Waals surface area (Å²) in [6.07, 6.45) is 2.28. The van der Waals surface area contributed by atoms with Crippen LogP contribution in [0.4, 0.5) is 17.1 Å². The minimum Gasteiger partial charge on any atom is -0.454 e. The lowest BCUT2D eigenvalue weighted by molar-refractivity contribution is 0.104. The number of anilines is 3. The third-order valence-corrected chi connectivity index (χ3v) is 6.48. The predicted molar refractivity (Wildman–Crippen MR) is 120 cm³/mol. The third kappa shape index (κ3) is 2.42. The molecule has 1 N–H and O–H groups in total. The monoisotopic (exact) mass is 425 g/mol. The minimum absolute atomic E-state index is 0.0301. The number of rotatable bonds is 3. The van der Waals surface area contributed by atoms with E-state index in [-0.39, 0.29) is 12.6 Å². The number of hydrogen-bond donors (Lipinski definition) is 1. The number of nitrogens with zero attached hydrogens (tertiary/aromatic N) is 2.